The average Bonchev–Trinajstić information content (AvgIpc) is 2.81. The van der Waals surface area contributed by atoms with Gasteiger partial charge in [-0.05, 0) is 26.0 Å². The fraction of sp³-hybridized carbons (Fsp3) is 0.375. The molecule has 0 aliphatic carbocycles. The lowest BCUT2D eigenvalue weighted by molar-refractivity contribution is -0.140. The Balaban J connectivity index is 1.98. The van der Waals surface area contributed by atoms with Gasteiger partial charge in [0, 0.05) is 11.4 Å². The lowest BCUT2D eigenvalue weighted by Crippen LogP contribution is -2.39. The Labute approximate surface area is 136 Å². The van der Waals surface area contributed by atoms with E-state index in [0.29, 0.717) is 10.9 Å². The molecule has 1 N–H and O–H groups in total. The number of imide groups is 1. The molecule has 0 bridgehead atoms. The predicted molar refractivity (Wildman–Crippen MR) is 83.5 cm³/mol. The molecule has 8 heteroatoms. The summed E-state index contributed by atoms with van der Waals surface area (Å²) in [5.41, 5.74) is 0.350. The Hall–Kier alpha value is -2.64. The number of likely N-dealkylation sites (tertiary alicyclic amines) is 1. The van der Waals surface area contributed by atoms with Crippen LogP contribution in [0.5, 0.6) is 0 Å². The van der Waals surface area contributed by atoms with E-state index in [-0.39, 0.29) is 30.1 Å². The second kappa shape index (κ2) is 6.10. The number of carbonyl (C=O) groups is 2. The second-order valence-electron chi connectivity index (χ2n) is 5.85. The first-order chi connectivity index (χ1) is 11.4. The smallest absolute Gasteiger partial charge is 0.297 e. The molecule has 2 heterocycles. The van der Waals surface area contributed by atoms with Gasteiger partial charge >= 0.3 is 0 Å². The summed E-state index contributed by atoms with van der Waals surface area (Å²) in [6.07, 6.45) is -2.86. The Morgan fingerprint density at radius 2 is 1.92 bits per heavy atom. The zero-order valence-electron chi connectivity index (χ0n) is 13.2. The van der Waals surface area contributed by atoms with Crippen LogP contribution in [0.25, 0.3) is 10.9 Å². The van der Waals surface area contributed by atoms with Crippen LogP contribution in [-0.4, -0.2) is 38.8 Å². The van der Waals surface area contributed by atoms with Crippen molar-refractivity contribution in [2.24, 2.45) is 0 Å². The quantitative estimate of drug-likeness (QED) is 0.870. The zero-order chi connectivity index (χ0) is 17.4. The van der Waals surface area contributed by atoms with Crippen molar-refractivity contribution in [2.75, 3.05) is 5.32 Å². The molecule has 1 aromatic carbocycles. The van der Waals surface area contributed by atoms with Crippen LogP contribution in [0.3, 0.4) is 0 Å². The van der Waals surface area contributed by atoms with Gasteiger partial charge in [-0.25, -0.2) is 18.7 Å². The number of anilines is 1. The van der Waals surface area contributed by atoms with Crippen LogP contribution < -0.4 is 5.32 Å². The number of para-hydroxylation sites is 1. The second-order valence-corrected chi connectivity index (χ2v) is 5.85. The third-order valence-corrected chi connectivity index (χ3v) is 3.83. The van der Waals surface area contributed by atoms with E-state index < -0.39 is 18.3 Å². The highest BCUT2D eigenvalue weighted by molar-refractivity contribution is 6.07. The number of fused-ring (bicyclic) bond motifs is 1. The molecule has 2 aromatic rings. The minimum atomic E-state index is -2.83. The molecule has 1 aliphatic rings. The third-order valence-electron chi connectivity index (χ3n) is 3.83. The van der Waals surface area contributed by atoms with Crippen molar-refractivity contribution < 1.29 is 18.4 Å². The fourth-order valence-electron chi connectivity index (χ4n) is 2.77. The van der Waals surface area contributed by atoms with E-state index in [4.69, 9.17) is 0 Å². The Morgan fingerprint density at radius 1 is 1.21 bits per heavy atom. The molecule has 2 amide bonds. The number of carbonyl (C=O) groups excluding carboxylic acids is 2. The standard InChI is InChI=1S/C16H16F2N4O2/c1-8(2)22-12(23)7-11(16(22)24)20-14-9-5-3-4-6-10(9)19-15(21-14)13(17)18/h3-6,8,11,13H,7H2,1-2H3,(H,19,20,21). The maximum Gasteiger partial charge on any atom is 0.297 e. The minimum Gasteiger partial charge on any atom is -0.357 e. The van der Waals surface area contributed by atoms with Gasteiger partial charge in [0.1, 0.15) is 11.9 Å². The number of benzene rings is 1. The van der Waals surface area contributed by atoms with Crippen LogP contribution in [-0.2, 0) is 9.59 Å². The Kier molecular flexibility index (Phi) is 4.13. The summed E-state index contributed by atoms with van der Waals surface area (Å²) in [5, 5.41) is 3.37. The van der Waals surface area contributed by atoms with E-state index >= 15 is 0 Å². The number of aromatic nitrogens is 2. The maximum atomic E-state index is 13.0. The number of rotatable bonds is 4. The lowest BCUT2D eigenvalue weighted by atomic mass is 10.2. The van der Waals surface area contributed by atoms with Crippen molar-refractivity contribution in [3.8, 4) is 0 Å². The van der Waals surface area contributed by atoms with E-state index in [0.717, 1.165) is 0 Å². The Bertz CT molecular complexity index is 810. The number of hydrogen-bond donors (Lipinski definition) is 1. The topological polar surface area (TPSA) is 75.2 Å². The molecule has 0 saturated carbocycles. The molecule has 1 atom stereocenters. The fourth-order valence-corrected chi connectivity index (χ4v) is 2.77. The number of nitrogens with zero attached hydrogens (tertiary/aromatic N) is 3. The predicted octanol–water partition coefficient (Wildman–Crippen LogP) is 2.52. The highest BCUT2D eigenvalue weighted by atomic mass is 19.3. The van der Waals surface area contributed by atoms with Crippen molar-refractivity contribution in [1.29, 1.82) is 0 Å². The molecule has 126 valence electrons. The van der Waals surface area contributed by atoms with Gasteiger partial charge in [0.2, 0.25) is 5.91 Å². The molecule has 0 spiro atoms. The van der Waals surface area contributed by atoms with Gasteiger partial charge in [-0.1, -0.05) is 12.1 Å². The first kappa shape index (κ1) is 16.2. The highest BCUT2D eigenvalue weighted by Gasteiger charge is 2.40. The van der Waals surface area contributed by atoms with Crippen molar-refractivity contribution in [1.82, 2.24) is 14.9 Å². The normalized spacial score (nSPS) is 18.2. The first-order valence-electron chi connectivity index (χ1n) is 7.55. The first-order valence-corrected chi connectivity index (χ1v) is 7.55. The summed E-state index contributed by atoms with van der Waals surface area (Å²) in [4.78, 5) is 33.2. The summed E-state index contributed by atoms with van der Waals surface area (Å²) in [7, 11) is 0. The molecule has 6 nitrogen and oxygen atoms in total. The maximum absolute atomic E-state index is 13.0. The summed E-state index contributed by atoms with van der Waals surface area (Å²) in [6, 6.07) is 5.60. The largest absolute Gasteiger partial charge is 0.357 e. The van der Waals surface area contributed by atoms with Gasteiger partial charge < -0.3 is 5.32 Å². The number of nitrogens with one attached hydrogen (secondary N) is 1. The molecule has 1 unspecified atom stereocenters. The number of hydrogen-bond acceptors (Lipinski definition) is 5. The number of alkyl halides is 2. The van der Waals surface area contributed by atoms with Crippen molar-refractivity contribution >= 4 is 28.5 Å². The summed E-state index contributed by atoms with van der Waals surface area (Å²) in [5.74, 6) is -1.16. The van der Waals surface area contributed by atoms with E-state index in [1.807, 2.05) is 0 Å². The SMILES string of the molecule is CC(C)N1C(=O)CC(Nc2nc(C(F)F)nc3ccccc23)C1=O. The monoisotopic (exact) mass is 334 g/mol. The van der Waals surface area contributed by atoms with Crippen molar-refractivity contribution in [3.05, 3.63) is 30.1 Å². The van der Waals surface area contributed by atoms with Gasteiger partial charge in [-0.15, -0.1) is 0 Å². The molecule has 1 saturated heterocycles. The van der Waals surface area contributed by atoms with Crippen LogP contribution in [0.4, 0.5) is 14.6 Å². The molecular weight excluding hydrogens is 318 g/mol. The molecular formula is C16H16F2N4O2. The van der Waals surface area contributed by atoms with Crippen molar-refractivity contribution in [2.45, 2.75) is 38.8 Å². The molecule has 1 aliphatic heterocycles. The van der Waals surface area contributed by atoms with Gasteiger partial charge in [0.25, 0.3) is 12.3 Å². The van der Waals surface area contributed by atoms with Crippen LogP contribution in [0.15, 0.2) is 24.3 Å². The zero-order valence-corrected chi connectivity index (χ0v) is 13.2. The van der Waals surface area contributed by atoms with E-state index in [2.05, 4.69) is 15.3 Å². The van der Waals surface area contributed by atoms with Gasteiger partial charge in [-0.3, -0.25) is 14.5 Å². The van der Waals surface area contributed by atoms with Crippen LogP contribution in [0.2, 0.25) is 0 Å². The molecule has 0 radical (unpaired) electrons. The minimum absolute atomic E-state index is 0.0284. The van der Waals surface area contributed by atoms with E-state index in [1.54, 1.807) is 38.1 Å². The summed E-state index contributed by atoms with van der Waals surface area (Å²) >= 11 is 0. The molecule has 24 heavy (non-hydrogen) atoms. The summed E-state index contributed by atoms with van der Waals surface area (Å²) in [6.45, 7) is 3.49. The number of halogens is 2. The highest BCUT2D eigenvalue weighted by Crippen LogP contribution is 2.27. The third kappa shape index (κ3) is 2.79. The molecule has 1 aromatic heterocycles. The van der Waals surface area contributed by atoms with Crippen molar-refractivity contribution in [3.63, 3.8) is 0 Å². The number of amides is 2. The van der Waals surface area contributed by atoms with Gasteiger partial charge in [-0.2, -0.15) is 0 Å². The van der Waals surface area contributed by atoms with Crippen LogP contribution in [0, 0.1) is 0 Å². The molecule has 3 rings (SSSR count). The average molecular weight is 334 g/mol. The summed E-state index contributed by atoms with van der Waals surface area (Å²) < 4.78 is 26.0. The molecule has 1 fully saturated rings. The van der Waals surface area contributed by atoms with Crippen LogP contribution >= 0.6 is 0 Å². The lowest BCUT2D eigenvalue weighted by Gasteiger charge is -2.19. The Morgan fingerprint density at radius 3 is 2.54 bits per heavy atom. The van der Waals surface area contributed by atoms with Crippen LogP contribution in [0.1, 0.15) is 32.5 Å². The van der Waals surface area contributed by atoms with Gasteiger partial charge in [0.05, 0.1) is 11.9 Å². The van der Waals surface area contributed by atoms with Gasteiger partial charge in [0.15, 0.2) is 5.82 Å². The van der Waals surface area contributed by atoms with E-state index in [9.17, 15) is 18.4 Å². The van der Waals surface area contributed by atoms with E-state index in [1.165, 1.54) is 4.90 Å².